The Bertz CT molecular complexity index is 536. The lowest BCUT2D eigenvalue weighted by atomic mass is 9.45. The van der Waals surface area contributed by atoms with Gasteiger partial charge in [-0.25, -0.2) is 0 Å². The molecule has 4 aliphatic rings. The van der Waals surface area contributed by atoms with Crippen LogP contribution < -0.4 is 0 Å². The van der Waals surface area contributed by atoms with Gasteiger partial charge in [-0.15, -0.1) is 0 Å². The number of allylic oxidation sites excluding steroid dienone is 1. The first-order chi connectivity index (χ1) is 10.9. The maximum atomic E-state index is 11.1. The number of hydrogen-bond donors (Lipinski definition) is 1. The van der Waals surface area contributed by atoms with Crippen molar-refractivity contribution in [3.63, 3.8) is 0 Å². The highest BCUT2D eigenvalue weighted by molar-refractivity contribution is 5.70. The summed E-state index contributed by atoms with van der Waals surface area (Å²) in [5.74, 6) is 2.89. The lowest BCUT2D eigenvalue weighted by Crippen LogP contribution is -2.51. The first-order valence-corrected chi connectivity index (χ1v) is 9.82. The van der Waals surface area contributed by atoms with E-state index in [0.29, 0.717) is 10.8 Å². The normalized spacial score (nSPS) is 48.9. The van der Waals surface area contributed by atoms with Gasteiger partial charge >= 0.3 is 5.97 Å². The zero-order valence-electron chi connectivity index (χ0n) is 14.8. The van der Waals surface area contributed by atoms with Gasteiger partial charge in [0.05, 0.1) is 6.42 Å². The largest absolute Gasteiger partial charge is 0.481 e. The summed E-state index contributed by atoms with van der Waals surface area (Å²) in [5.41, 5.74) is 2.28. The van der Waals surface area contributed by atoms with Gasteiger partial charge in [0.25, 0.3) is 0 Å². The van der Waals surface area contributed by atoms with Crippen molar-refractivity contribution in [2.75, 3.05) is 0 Å². The highest BCUT2D eigenvalue weighted by atomic mass is 16.4. The summed E-state index contributed by atoms with van der Waals surface area (Å²) in [6.45, 7) is 5.11. The Morgan fingerprint density at radius 2 is 2.00 bits per heavy atom. The molecule has 0 bridgehead atoms. The van der Waals surface area contributed by atoms with Crippen LogP contribution in [0.2, 0.25) is 0 Å². The number of carbonyl (C=O) groups is 1. The topological polar surface area (TPSA) is 37.3 Å². The molecule has 0 heterocycles. The van der Waals surface area contributed by atoms with Gasteiger partial charge in [-0.2, -0.15) is 0 Å². The average Bonchev–Trinajstić information content (AvgIpc) is 2.89. The van der Waals surface area contributed by atoms with Crippen LogP contribution in [0.3, 0.4) is 0 Å². The summed E-state index contributed by atoms with van der Waals surface area (Å²) >= 11 is 0. The van der Waals surface area contributed by atoms with Crippen molar-refractivity contribution in [2.45, 2.75) is 78.1 Å². The minimum absolute atomic E-state index is 0.265. The van der Waals surface area contributed by atoms with Gasteiger partial charge in [-0.1, -0.05) is 31.9 Å². The zero-order chi connectivity index (χ0) is 16.2. The monoisotopic (exact) mass is 316 g/mol. The van der Waals surface area contributed by atoms with E-state index in [4.69, 9.17) is 5.11 Å². The predicted molar refractivity (Wildman–Crippen MR) is 92.1 cm³/mol. The molecule has 0 amide bonds. The van der Waals surface area contributed by atoms with E-state index in [2.05, 4.69) is 19.9 Å². The third-order valence-electron chi connectivity index (χ3n) is 8.56. The second-order valence-electron chi connectivity index (χ2n) is 9.58. The minimum Gasteiger partial charge on any atom is -0.481 e. The highest BCUT2D eigenvalue weighted by Crippen LogP contribution is 2.66. The molecule has 3 saturated carbocycles. The van der Waals surface area contributed by atoms with Crippen LogP contribution in [0.15, 0.2) is 11.6 Å². The molecule has 128 valence electrons. The van der Waals surface area contributed by atoms with E-state index < -0.39 is 5.97 Å². The molecule has 2 nitrogen and oxygen atoms in total. The Morgan fingerprint density at radius 1 is 1.17 bits per heavy atom. The number of fused-ring (bicyclic) bond motifs is 5. The molecule has 0 aromatic carbocycles. The number of carboxylic acid groups (broad SMARTS) is 1. The van der Waals surface area contributed by atoms with Gasteiger partial charge < -0.3 is 5.11 Å². The first kappa shape index (κ1) is 15.7. The fourth-order valence-electron chi connectivity index (χ4n) is 7.28. The summed E-state index contributed by atoms with van der Waals surface area (Å²) in [7, 11) is 0. The molecule has 0 aromatic heterocycles. The number of carboxylic acids is 1. The van der Waals surface area contributed by atoms with Gasteiger partial charge in [0.15, 0.2) is 0 Å². The van der Waals surface area contributed by atoms with Gasteiger partial charge in [-0.05, 0) is 85.9 Å². The van der Waals surface area contributed by atoms with E-state index >= 15 is 0 Å². The van der Waals surface area contributed by atoms with Crippen LogP contribution >= 0.6 is 0 Å². The maximum Gasteiger partial charge on any atom is 0.307 e. The molecule has 23 heavy (non-hydrogen) atoms. The lowest BCUT2D eigenvalue weighted by Gasteiger charge is -2.59. The number of hydrogen-bond acceptors (Lipinski definition) is 1. The number of aliphatic carboxylic acids is 1. The molecule has 0 aromatic rings. The van der Waals surface area contributed by atoms with Crippen molar-refractivity contribution in [3.05, 3.63) is 11.6 Å². The molecule has 1 unspecified atom stereocenters. The molecule has 2 heteroatoms. The van der Waals surface area contributed by atoms with Gasteiger partial charge in [-0.3, -0.25) is 4.79 Å². The fraction of sp³-hybridized carbons (Fsp3) is 0.857. The molecule has 0 saturated heterocycles. The van der Waals surface area contributed by atoms with Crippen LogP contribution in [0.25, 0.3) is 0 Å². The SMILES string of the molecule is C[C@@]12CCCC1[C@H]1CC[C@H]3CC(CC(=O)O)=CC[C@]3(C)[C@@H]1CC2. The Hall–Kier alpha value is -0.790. The first-order valence-electron chi connectivity index (χ1n) is 9.82. The molecule has 0 radical (unpaired) electrons. The van der Waals surface area contributed by atoms with Crippen molar-refractivity contribution in [3.8, 4) is 0 Å². The van der Waals surface area contributed by atoms with E-state index in [-0.39, 0.29) is 6.42 Å². The van der Waals surface area contributed by atoms with Crippen LogP contribution in [0.1, 0.15) is 78.1 Å². The quantitative estimate of drug-likeness (QED) is 0.690. The second kappa shape index (κ2) is 5.36. The molecule has 1 N–H and O–H groups in total. The average molecular weight is 316 g/mol. The van der Waals surface area contributed by atoms with E-state index in [9.17, 15) is 4.79 Å². The van der Waals surface area contributed by atoms with Crippen LogP contribution in [0, 0.1) is 34.5 Å². The van der Waals surface area contributed by atoms with Gasteiger partial charge in [0.1, 0.15) is 0 Å². The van der Waals surface area contributed by atoms with Crippen LogP contribution in [0.5, 0.6) is 0 Å². The molecule has 4 rings (SSSR count). The lowest BCUT2D eigenvalue weighted by molar-refractivity contribution is -0.136. The van der Waals surface area contributed by atoms with Crippen molar-refractivity contribution >= 4 is 5.97 Å². The summed E-state index contributed by atoms with van der Waals surface area (Å²) in [6.07, 6.45) is 14.7. The highest BCUT2D eigenvalue weighted by Gasteiger charge is 2.57. The molecule has 6 atom stereocenters. The van der Waals surface area contributed by atoms with Crippen molar-refractivity contribution in [1.29, 1.82) is 0 Å². The molecular formula is C21H32O2. The minimum atomic E-state index is -0.659. The molecule has 4 aliphatic carbocycles. The van der Waals surface area contributed by atoms with Crippen LogP contribution in [-0.2, 0) is 4.79 Å². The maximum absolute atomic E-state index is 11.1. The summed E-state index contributed by atoms with van der Waals surface area (Å²) in [6, 6.07) is 0. The Balaban J connectivity index is 1.58. The van der Waals surface area contributed by atoms with Gasteiger partial charge in [0, 0.05) is 0 Å². The van der Waals surface area contributed by atoms with Crippen molar-refractivity contribution < 1.29 is 9.90 Å². The summed E-state index contributed by atoms with van der Waals surface area (Å²) in [5, 5.41) is 9.10. The molecular weight excluding hydrogens is 284 g/mol. The molecule has 3 fully saturated rings. The Morgan fingerprint density at radius 3 is 2.78 bits per heavy atom. The molecule has 0 spiro atoms. The summed E-state index contributed by atoms with van der Waals surface area (Å²) < 4.78 is 0. The third-order valence-corrected chi connectivity index (χ3v) is 8.56. The van der Waals surface area contributed by atoms with Crippen LogP contribution in [-0.4, -0.2) is 11.1 Å². The third kappa shape index (κ3) is 2.39. The standard InChI is InChI=1S/C21H32O2/c1-20-9-3-4-17(20)16-6-5-15-12-14(13-19(22)23)7-11-21(15,2)18(16)8-10-20/h7,15-18H,3-6,8-13H2,1-2H3,(H,22,23)/t15-,16+,17?,18+,20-,21-/m0/s1. The van der Waals surface area contributed by atoms with Gasteiger partial charge in [0.2, 0.25) is 0 Å². The zero-order valence-corrected chi connectivity index (χ0v) is 14.8. The van der Waals surface area contributed by atoms with E-state index in [1.807, 2.05) is 0 Å². The summed E-state index contributed by atoms with van der Waals surface area (Å²) in [4.78, 5) is 11.1. The Kier molecular flexibility index (Phi) is 3.66. The smallest absolute Gasteiger partial charge is 0.307 e. The fourth-order valence-corrected chi connectivity index (χ4v) is 7.28. The predicted octanol–water partition coefficient (Wildman–Crippen LogP) is 5.43. The van der Waals surface area contributed by atoms with Crippen LogP contribution in [0.4, 0.5) is 0 Å². The van der Waals surface area contributed by atoms with E-state index in [1.165, 1.54) is 50.5 Å². The van der Waals surface area contributed by atoms with Crippen molar-refractivity contribution in [1.82, 2.24) is 0 Å². The van der Waals surface area contributed by atoms with E-state index in [1.54, 1.807) is 0 Å². The second-order valence-corrected chi connectivity index (χ2v) is 9.58. The number of rotatable bonds is 2. The van der Waals surface area contributed by atoms with E-state index in [0.717, 1.165) is 36.5 Å². The van der Waals surface area contributed by atoms with Crippen molar-refractivity contribution in [2.24, 2.45) is 34.5 Å². The Labute approximate surface area is 140 Å². The molecule has 0 aliphatic heterocycles.